The van der Waals surface area contributed by atoms with Gasteiger partial charge in [0.25, 0.3) is 0 Å². The van der Waals surface area contributed by atoms with Crippen molar-refractivity contribution in [3.8, 4) is 0 Å². The minimum Gasteiger partial charge on any atom is -0.464 e. The first kappa shape index (κ1) is 16.0. The molecule has 0 saturated carbocycles. The Hall–Kier alpha value is -1.33. The number of piperidine rings is 1. The van der Waals surface area contributed by atoms with Crippen molar-refractivity contribution in [1.29, 1.82) is 0 Å². The van der Waals surface area contributed by atoms with Gasteiger partial charge in [0.05, 0.1) is 13.1 Å². The van der Waals surface area contributed by atoms with Gasteiger partial charge in [0.15, 0.2) is 0 Å². The summed E-state index contributed by atoms with van der Waals surface area (Å²) in [6.07, 6.45) is 2.35. The number of rotatable bonds is 6. The fourth-order valence-corrected chi connectivity index (χ4v) is 2.84. The van der Waals surface area contributed by atoms with Crippen molar-refractivity contribution < 1.29 is 9.21 Å². The van der Waals surface area contributed by atoms with Gasteiger partial charge in [-0.1, -0.05) is 0 Å². The van der Waals surface area contributed by atoms with Crippen molar-refractivity contribution in [2.24, 2.45) is 5.92 Å². The fraction of sp³-hybridized carbons (Fsp3) is 0.688. The van der Waals surface area contributed by atoms with E-state index < -0.39 is 0 Å². The number of aryl methyl sites for hydroxylation is 1. The van der Waals surface area contributed by atoms with Crippen molar-refractivity contribution in [3.05, 3.63) is 23.7 Å². The highest BCUT2D eigenvalue weighted by Gasteiger charge is 2.21. The van der Waals surface area contributed by atoms with Gasteiger partial charge in [-0.3, -0.25) is 9.69 Å². The minimum absolute atomic E-state index is 0.163. The average Bonchev–Trinajstić information content (AvgIpc) is 2.86. The maximum atomic E-state index is 12.3. The number of amides is 1. The molecule has 0 aliphatic carbocycles. The Morgan fingerprint density at radius 1 is 1.43 bits per heavy atom. The van der Waals surface area contributed by atoms with Gasteiger partial charge in [0.1, 0.15) is 11.5 Å². The van der Waals surface area contributed by atoms with Crippen LogP contribution in [0.1, 0.15) is 24.4 Å². The van der Waals surface area contributed by atoms with Gasteiger partial charge < -0.3 is 14.6 Å². The Morgan fingerprint density at radius 2 is 2.14 bits per heavy atom. The maximum absolute atomic E-state index is 12.3. The molecule has 1 saturated heterocycles. The van der Waals surface area contributed by atoms with Gasteiger partial charge >= 0.3 is 0 Å². The second-order valence-corrected chi connectivity index (χ2v) is 6.04. The average molecular weight is 293 g/mol. The standard InChI is InChI=1S/C16H27N3O2/c1-13-4-5-15(21-13)11-18(3)16(20)12-19-8-6-14(7-9-19)10-17-2/h4-5,14,17H,6-12H2,1-3H3. The van der Waals surface area contributed by atoms with Crippen molar-refractivity contribution >= 4 is 5.91 Å². The van der Waals surface area contributed by atoms with E-state index >= 15 is 0 Å². The normalized spacial score (nSPS) is 17.1. The molecule has 1 aliphatic heterocycles. The molecule has 1 fully saturated rings. The lowest BCUT2D eigenvalue weighted by Gasteiger charge is -2.32. The van der Waals surface area contributed by atoms with Crippen LogP contribution in [0.4, 0.5) is 0 Å². The van der Waals surface area contributed by atoms with Gasteiger partial charge in [0, 0.05) is 7.05 Å². The molecule has 21 heavy (non-hydrogen) atoms. The minimum atomic E-state index is 0.163. The smallest absolute Gasteiger partial charge is 0.236 e. The highest BCUT2D eigenvalue weighted by molar-refractivity contribution is 5.77. The number of hydrogen-bond acceptors (Lipinski definition) is 4. The first-order chi connectivity index (χ1) is 10.1. The lowest BCUT2D eigenvalue weighted by Crippen LogP contribution is -2.43. The molecule has 2 heterocycles. The van der Waals surface area contributed by atoms with Crippen LogP contribution in [-0.2, 0) is 11.3 Å². The van der Waals surface area contributed by atoms with E-state index in [4.69, 9.17) is 4.42 Å². The molecule has 118 valence electrons. The van der Waals surface area contributed by atoms with Crippen molar-refractivity contribution in [3.63, 3.8) is 0 Å². The van der Waals surface area contributed by atoms with Crippen LogP contribution < -0.4 is 5.32 Å². The Bertz CT molecular complexity index is 450. The highest BCUT2D eigenvalue weighted by atomic mass is 16.3. The third-order valence-electron chi connectivity index (χ3n) is 4.17. The Kier molecular flexibility index (Phi) is 5.82. The first-order valence-electron chi connectivity index (χ1n) is 7.74. The summed E-state index contributed by atoms with van der Waals surface area (Å²) in [5.74, 6) is 2.65. The summed E-state index contributed by atoms with van der Waals surface area (Å²) in [5, 5.41) is 3.24. The summed E-state index contributed by atoms with van der Waals surface area (Å²) in [6, 6.07) is 3.86. The molecule has 0 radical (unpaired) electrons. The topological polar surface area (TPSA) is 48.7 Å². The predicted octanol–water partition coefficient (Wildman–Crippen LogP) is 1.48. The van der Waals surface area contributed by atoms with E-state index in [9.17, 15) is 4.79 Å². The molecule has 5 heteroatoms. The zero-order chi connectivity index (χ0) is 15.2. The van der Waals surface area contributed by atoms with Crippen LogP contribution in [0.25, 0.3) is 0 Å². The third kappa shape index (κ3) is 4.86. The first-order valence-corrected chi connectivity index (χ1v) is 7.74. The van der Waals surface area contributed by atoms with Gasteiger partial charge in [-0.25, -0.2) is 0 Å². The lowest BCUT2D eigenvalue weighted by atomic mass is 9.97. The zero-order valence-corrected chi connectivity index (χ0v) is 13.4. The maximum Gasteiger partial charge on any atom is 0.236 e. The molecule has 0 aromatic carbocycles. The van der Waals surface area contributed by atoms with E-state index in [1.807, 2.05) is 33.2 Å². The monoisotopic (exact) mass is 293 g/mol. The summed E-state index contributed by atoms with van der Waals surface area (Å²) in [6.45, 7) is 6.10. The number of hydrogen-bond donors (Lipinski definition) is 1. The Labute approximate surface area is 127 Å². The predicted molar refractivity (Wildman–Crippen MR) is 83.0 cm³/mol. The molecular formula is C16H27N3O2. The van der Waals surface area contributed by atoms with Crippen molar-refractivity contribution in [1.82, 2.24) is 15.1 Å². The molecular weight excluding hydrogens is 266 g/mol. The van der Waals surface area contributed by atoms with Crippen molar-refractivity contribution in [2.75, 3.05) is 40.3 Å². The molecule has 0 atom stereocenters. The quantitative estimate of drug-likeness (QED) is 0.863. The second-order valence-electron chi connectivity index (χ2n) is 6.04. The highest BCUT2D eigenvalue weighted by Crippen LogP contribution is 2.16. The molecule has 1 N–H and O–H groups in total. The number of furan rings is 1. The third-order valence-corrected chi connectivity index (χ3v) is 4.17. The van der Waals surface area contributed by atoms with Crippen LogP contribution in [0.2, 0.25) is 0 Å². The summed E-state index contributed by atoms with van der Waals surface area (Å²) in [5.41, 5.74) is 0. The molecule has 0 bridgehead atoms. The van der Waals surface area contributed by atoms with Gasteiger partial charge in [-0.05, 0) is 64.5 Å². The molecule has 1 aromatic rings. The molecule has 0 spiro atoms. The molecule has 1 aromatic heterocycles. The van der Waals surface area contributed by atoms with E-state index in [0.29, 0.717) is 13.1 Å². The molecule has 1 aliphatic rings. The number of likely N-dealkylation sites (N-methyl/N-ethyl adjacent to an activating group) is 1. The number of likely N-dealkylation sites (tertiary alicyclic amines) is 1. The second kappa shape index (κ2) is 7.61. The lowest BCUT2D eigenvalue weighted by molar-refractivity contribution is -0.132. The SMILES string of the molecule is CNCC1CCN(CC(=O)N(C)Cc2ccc(C)o2)CC1. The number of carbonyl (C=O) groups is 1. The van der Waals surface area contributed by atoms with E-state index in [2.05, 4.69) is 10.2 Å². The Morgan fingerprint density at radius 3 is 2.71 bits per heavy atom. The van der Waals surface area contributed by atoms with Crippen LogP contribution >= 0.6 is 0 Å². The largest absolute Gasteiger partial charge is 0.464 e. The summed E-state index contributed by atoms with van der Waals surface area (Å²) in [7, 11) is 3.84. The van der Waals surface area contributed by atoms with Crippen LogP contribution in [0, 0.1) is 12.8 Å². The number of nitrogens with one attached hydrogen (secondary N) is 1. The number of carbonyl (C=O) groups excluding carboxylic acids is 1. The van der Waals surface area contributed by atoms with Crippen molar-refractivity contribution in [2.45, 2.75) is 26.3 Å². The van der Waals surface area contributed by atoms with Gasteiger partial charge in [-0.15, -0.1) is 0 Å². The summed E-state index contributed by atoms with van der Waals surface area (Å²) >= 11 is 0. The molecule has 5 nitrogen and oxygen atoms in total. The summed E-state index contributed by atoms with van der Waals surface area (Å²) < 4.78 is 5.52. The van der Waals surface area contributed by atoms with E-state index in [0.717, 1.165) is 37.1 Å². The molecule has 1 amide bonds. The van der Waals surface area contributed by atoms with Crippen LogP contribution in [0.15, 0.2) is 16.5 Å². The summed E-state index contributed by atoms with van der Waals surface area (Å²) in [4.78, 5) is 16.3. The molecule has 2 rings (SSSR count). The van der Waals surface area contributed by atoms with E-state index in [-0.39, 0.29) is 5.91 Å². The van der Waals surface area contributed by atoms with Crippen LogP contribution in [0.3, 0.4) is 0 Å². The zero-order valence-electron chi connectivity index (χ0n) is 13.4. The van der Waals surface area contributed by atoms with Gasteiger partial charge in [0.2, 0.25) is 5.91 Å². The fourth-order valence-electron chi connectivity index (χ4n) is 2.84. The molecule has 0 unspecified atom stereocenters. The number of nitrogens with zero attached hydrogens (tertiary/aromatic N) is 2. The van der Waals surface area contributed by atoms with Crippen LogP contribution in [-0.4, -0.2) is 56.0 Å². The van der Waals surface area contributed by atoms with Gasteiger partial charge in [-0.2, -0.15) is 0 Å². The Balaban J connectivity index is 1.74. The van der Waals surface area contributed by atoms with Crippen LogP contribution in [0.5, 0.6) is 0 Å². The van der Waals surface area contributed by atoms with E-state index in [1.165, 1.54) is 12.8 Å². The van der Waals surface area contributed by atoms with E-state index in [1.54, 1.807) is 4.90 Å².